The Kier molecular flexibility index (Phi) is 3.92. The van der Waals surface area contributed by atoms with Crippen LogP contribution in [0.5, 0.6) is 0 Å². The lowest BCUT2D eigenvalue weighted by molar-refractivity contribution is 0.0660. The summed E-state index contributed by atoms with van der Waals surface area (Å²) in [6.07, 6.45) is 4.35. The maximum absolute atomic E-state index is 12.3. The molecule has 0 radical (unpaired) electrons. The Morgan fingerprint density at radius 3 is 2.57 bits per heavy atom. The quantitative estimate of drug-likeness (QED) is 0.875. The predicted octanol–water partition coefficient (Wildman–Crippen LogP) is 0.760. The molecule has 1 aromatic rings. The zero-order valence-electron chi connectivity index (χ0n) is 11.5. The molecule has 0 spiro atoms. The fourth-order valence-corrected chi connectivity index (χ4v) is 2.90. The summed E-state index contributed by atoms with van der Waals surface area (Å²) in [5.74, 6) is -0.136. The molecule has 0 atom stereocenters. The van der Waals surface area contributed by atoms with Gasteiger partial charge in [-0.1, -0.05) is 11.6 Å². The Labute approximate surface area is 127 Å². The molecule has 0 aliphatic carbocycles. The molecule has 112 valence electrons. The number of carbonyl (C=O) groups is 2. The van der Waals surface area contributed by atoms with E-state index >= 15 is 0 Å². The summed E-state index contributed by atoms with van der Waals surface area (Å²) >= 11 is 5.67. The summed E-state index contributed by atoms with van der Waals surface area (Å²) in [6.45, 7) is 2.70. The first kappa shape index (κ1) is 14.1. The van der Waals surface area contributed by atoms with Crippen LogP contribution in [-0.2, 0) is 0 Å². The largest absolute Gasteiger partial charge is 0.337 e. The minimum Gasteiger partial charge on any atom is -0.337 e. The van der Waals surface area contributed by atoms with Gasteiger partial charge < -0.3 is 15.1 Å². The second-order valence-corrected chi connectivity index (χ2v) is 5.56. The van der Waals surface area contributed by atoms with Crippen molar-refractivity contribution in [3.63, 3.8) is 0 Å². The molecule has 2 fully saturated rings. The highest BCUT2D eigenvalue weighted by atomic mass is 35.5. The van der Waals surface area contributed by atoms with Crippen molar-refractivity contribution in [2.45, 2.75) is 18.9 Å². The number of halogens is 1. The zero-order chi connectivity index (χ0) is 14.8. The molecule has 3 amide bonds. The first-order valence-electron chi connectivity index (χ1n) is 6.96. The number of carbonyl (C=O) groups excluding carboxylic acids is 2. The minimum atomic E-state index is -0.136. The van der Waals surface area contributed by atoms with Crippen molar-refractivity contribution in [3.05, 3.63) is 23.2 Å². The number of nitrogens with zero attached hydrogens (tertiary/aromatic N) is 4. The highest BCUT2D eigenvalue weighted by Crippen LogP contribution is 2.19. The molecule has 2 aliphatic heterocycles. The van der Waals surface area contributed by atoms with E-state index in [4.69, 9.17) is 11.6 Å². The van der Waals surface area contributed by atoms with E-state index in [0.717, 1.165) is 19.4 Å². The summed E-state index contributed by atoms with van der Waals surface area (Å²) in [4.78, 5) is 35.4. The molecular formula is C13H16ClN5O2. The van der Waals surface area contributed by atoms with E-state index in [-0.39, 0.29) is 23.1 Å². The number of piperidine rings is 1. The highest BCUT2D eigenvalue weighted by molar-refractivity contribution is 6.29. The van der Waals surface area contributed by atoms with Crippen LogP contribution in [-0.4, -0.2) is 63.9 Å². The molecule has 2 aliphatic rings. The van der Waals surface area contributed by atoms with Crippen LogP contribution in [0.1, 0.15) is 23.3 Å². The zero-order valence-corrected chi connectivity index (χ0v) is 12.2. The topological polar surface area (TPSA) is 78.4 Å². The van der Waals surface area contributed by atoms with Gasteiger partial charge in [0.2, 0.25) is 0 Å². The van der Waals surface area contributed by atoms with E-state index in [1.165, 1.54) is 12.4 Å². The van der Waals surface area contributed by atoms with Crippen molar-refractivity contribution in [3.8, 4) is 0 Å². The summed E-state index contributed by atoms with van der Waals surface area (Å²) in [5.41, 5.74) is 0.303. The third kappa shape index (κ3) is 2.92. The van der Waals surface area contributed by atoms with Crippen molar-refractivity contribution >= 4 is 23.5 Å². The Hall–Kier alpha value is -1.89. The summed E-state index contributed by atoms with van der Waals surface area (Å²) in [6, 6.07) is 0.219. The molecule has 0 saturated carbocycles. The molecule has 21 heavy (non-hydrogen) atoms. The number of likely N-dealkylation sites (tertiary alicyclic amines) is 1. The number of urea groups is 1. The van der Waals surface area contributed by atoms with Crippen molar-refractivity contribution in [1.82, 2.24) is 25.1 Å². The van der Waals surface area contributed by atoms with Gasteiger partial charge >= 0.3 is 6.03 Å². The third-order valence-corrected chi connectivity index (χ3v) is 4.12. The van der Waals surface area contributed by atoms with Crippen molar-refractivity contribution in [1.29, 1.82) is 0 Å². The van der Waals surface area contributed by atoms with Crippen LogP contribution in [0.15, 0.2) is 12.4 Å². The number of amides is 3. The number of hydrogen-bond acceptors (Lipinski definition) is 4. The van der Waals surface area contributed by atoms with E-state index in [1.807, 2.05) is 4.90 Å². The van der Waals surface area contributed by atoms with Crippen LogP contribution in [0.2, 0.25) is 5.15 Å². The average molecular weight is 310 g/mol. The molecule has 0 unspecified atom stereocenters. The van der Waals surface area contributed by atoms with E-state index in [0.29, 0.717) is 25.3 Å². The van der Waals surface area contributed by atoms with Gasteiger partial charge in [0.15, 0.2) is 0 Å². The fourth-order valence-electron chi connectivity index (χ4n) is 2.80. The predicted molar refractivity (Wildman–Crippen MR) is 76.1 cm³/mol. The Morgan fingerprint density at radius 1 is 1.24 bits per heavy atom. The lowest BCUT2D eigenvalue weighted by Crippen LogP contribution is -2.47. The molecule has 3 rings (SSSR count). The number of aromatic nitrogens is 2. The van der Waals surface area contributed by atoms with Crippen LogP contribution >= 0.6 is 11.6 Å². The average Bonchev–Trinajstić information content (AvgIpc) is 2.94. The third-order valence-electron chi connectivity index (χ3n) is 3.92. The lowest BCUT2D eigenvalue weighted by Gasteiger charge is -2.35. The van der Waals surface area contributed by atoms with Crippen molar-refractivity contribution in [2.75, 3.05) is 26.2 Å². The van der Waals surface area contributed by atoms with Crippen molar-refractivity contribution < 1.29 is 9.59 Å². The number of nitrogens with one attached hydrogen (secondary N) is 1. The molecule has 2 saturated heterocycles. The smallest absolute Gasteiger partial charge is 0.317 e. The van der Waals surface area contributed by atoms with Crippen LogP contribution in [0.3, 0.4) is 0 Å². The van der Waals surface area contributed by atoms with Gasteiger partial charge in [-0.05, 0) is 12.8 Å². The standard InChI is InChI=1S/C13H16ClN5O2/c14-11-8-16-10(7-17-11)12(20)18-4-1-9(2-5-18)19-6-3-15-13(19)21/h7-9H,1-6H2,(H,15,21). The second-order valence-electron chi connectivity index (χ2n) is 5.17. The van der Waals surface area contributed by atoms with Gasteiger partial charge in [-0.2, -0.15) is 0 Å². The van der Waals surface area contributed by atoms with E-state index in [9.17, 15) is 9.59 Å². The molecule has 1 aromatic heterocycles. The van der Waals surface area contributed by atoms with Gasteiger partial charge in [0.05, 0.1) is 12.4 Å². The Morgan fingerprint density at radius 2 is 2.00 bits per heavy atom. The van der Waals surface area contributed by atoms with Crippen LogP contribution < -0.4 is 5.32 Å². The minimum absolute atomic E-state index is 0.00310. The maximum atomic E-state index is 12.3. The second kappa shape index (κ2) is 5.85. The van der Waals surface area contributed by atoms with Gasteiger partial charge in [0.25, 0.3) is 5.91 Å². The van der Waals surface area contributed by atoms with Crippen LogP contribution in [0, 0.1) is 0 Å². The van der Waals surface area contributed by atoms with Crippen LogP contribution in [0.4, 0.5) is 4.79 Å². The normalized spacial score (nSPS) is 19.8. The van der Waals surface area contributed by atoms with E-state index in [1.54, 1.807) is 4.90 Å². The molecule has 0 bridgehead atoms. The number of hydrogen-bond donors (Lipinski definition) is 1. The highest BCUT2D eigenvalue weighted by Gasteiger charge is 2.32. The first-order valence-corrected chi connectivity index (χ1v) is 7.34. The monoisotopic (exact) mass is 309 g/mol. The number of rotatable bonds is 2. The van der Waals surface area contributed by atoms with E-state index < -0.39 is 0 Å². The Balaban J connectivity index is 1.59. The first-order chi connectivity index (χ1) is 10.1. The lowest BCUT2D eigenvalue weighted by atomic mass is 10.0. The van der Waals surface area contributed by atoms with Gasteiger partial charge in [0, 0.05) is 32.2 Å². The fraction of sp³-hybridized carbons (Fsp3) is 0.538. The Bertz CT molecular complexity index is 542. The van der Waals surface area contributed by atoms with Gasteiger partial charge in [0.1, 0.15) is 10.8 Å². The summed E-state index contributed by atoms with van der Waals surface area (Å²) in [5, 5.41) is 3.08. The molecule has 3 heterocycles. The van der Waals surface area contributed by atoms with Crippen molar-refractivity contribution in [2.24, 2.45) is 0 Å². The summed E-state index contributed by atoms with van der Waals surface area (Å²) in [7, 11) is 0. The molecular weight excluding hydrogens is 294 g/mol. The van der Waals surface area contributed by atoms with Crippen LogP contribution in [0.25, 0.3) is 0 Å². The SMILES string of the molecule is O=C(c1cnc(Cl)cn1)N1CCC(N2CCNC2=O)CC1. The van der Waals surface area contributed by atoms with Gasteiger partial charge in [-0.25, -0.2) is 14.8 Å². The molecule has 0 aromatic carbocycles. The van der Waals surface area contributed by atoms with E-state index in [2.05, 4.69) is 15.3 Å². The maximum Gasteiger partial charge on any atom is 0.317 e. The van der Waals surface area contributed by atoms with Gasteiger partial charge in [-0.3, -0.25) is 4.79 Å². The van der Waals surface area contributed by atoms with Gasteiger partial charge in [-0.15, -0.1) is 0 Å². The molecule has 1 N–H and O–H groups in total. The molecule has 7 nitrogen and oxygen atoms in total. The summed E-state index contributed by atoms with van der Waals surface area (Å²) < 4.78 is 0. The molecule has 8 heteroatoms.